The van der Waals surface area contributed by atoms with E-state index in [-0.39, 0.29) is 46.9 Å². The summed E-state index contributed by atoms with van der Waals surface area (Å²) < 4.78 is 33.8. The molecule has 0 fully saturated rings. The van der Waals surface area contributed by atoms with Crippen molar-refractivity contribution in [2.45, 2.75) is 84.0 Å². The number of aromatic amines is 1. The number of amides is 3. The number of benzene rings is 2. The fourth-order valence-corrected chi connectivity index (χ4v) is 6.32. The van der Waals surface area contributed by atoms with Gasteiger partial charge in [0.05, 0.1) is 21.6 Å². The van der Waals surface area contributed by atoms with Crippen LogP contribution in [-0.4, -0.2) is 45.5 Å². The van der Waals surface area contributed by atoms with Gasteiger partial charge in [-0.05, 0) is 48.4 Å². The van der Waals surface area contributed by atoms with Crippen LogP contribution in [0.1, 0.15) is 63.8 Å². The van der Waals surface area contributed by atoms with Crippen LogP contribution in [0, 0.1) is 23.5 Å². The molecule has 0 saturated heterocycles. The summed E-state index contributed by atoms with van der Waals surface area (Å²) in [6.45, 7) is 7.16. The summed E-state index contributed by atoms with van der Waals surface area (Å²) in [5.74, 6) is -2.65. The Bertz CT molecular complexity index is 1630. The first-order valence-corrected chi connectivity index (χ1v) is 16.2. The summed E-state index contributed by atoms with van der Waals surface area (Å²) in [4.78, 5) is 44.5. The number of ether oxygens (including phenoxy) is 1. The molecule has 9 nitrogen and oxygen atoms in total. The molecule has 0 bridgehead atoms. The van der Waals surface area contributed by atoms with Gasteiger partial charge in [-0.1, -0.05) is 82.6 Å². The van der Waals surface area contributed by atoms with Gasteiger partial charge >= 0.3 is 6.09 Å². The maximum absolute atomic E-state index is 14.5. The SMILES string of the molecule is CCC(C)[C@H](NC(=O)OCc1ccccc1F)C(=O)N[C@]1(C(=O)N[C@H](C(N)=S)C(C)CC)CCc2[nH]c3c(Cl)cc(F)cc3c2C1. The Labute approximate surface area is 277 Å². The van der Waals surface area contributed by atoms with Crippen molar-refractivity contribution in [1.29, 1.82) is 0 Å². The third-order valence-corrected chi connectivity index (χ3v) is 9.54. The number of rotatable bonds is 12. The normalized spacial score (nSPS) is 18.5. The molecule has 4 rings (SSSR count). The second kappa shape index (κ2) is 14.8. The summed E-state index contributed by atoms with van der Waals surface area (Å²) in [6, 6.07) is 6.70. The van der Waals surface area contributed by atoms with E-state index in [4.69, 9.17) is 34.3 Å². The molecule has 3 amide bonds. The van der Waals surface area contributed by atoms with Crippen LogP contribution < -0.4 is 21.7 Å². The molecule has 6 N–H and O–H groups in total. The van der Waals surface area contributed by atoms with Gasteiger partial charge < -0.3 is 31.4 Å². The van der Waals surface area contributed by atoms with Crippen molar-refractivity contribution in [3.8, 4) is 0 Å². The van der Waals surface area contributed by atoms with Crippen molar-refractivity contribution < 1.29 is 27.9 Å². The van der Waals surface area contributed by atoms with Gasteiger partial charge in [0.25, 0.3) is 0 Å². The molecule has 1 aromatic heterocycles. The minimum Gasteiger partial charge on any atom is -0.445 e. The van der Waals surface area contributed by atoms with E-state index in [1.807, 2.05) is 20.8 Å². The number of fused-ring (bicyclic) bond motifs is 3. The fraction of sp³-hybridized carbons (Fsp3) is 0.455. The number of carbonyl (C=O) groups is 3. The zero-order chi connectivity index (χ0) is 33.8. The van der Waals surface area contributed by atoms with Crippen LogP contribution in [0.4, 0.5) is 13.6 Å². The van der Waals surface area contributed by atoms with E-state index in [2.05, 4.69) is 20.9 Å². The lowest BCUT2D eigenvalue weighted by Gasteiger charge is -2.39. The van der Waals surface area contributed by atoms with Crippen molar-refractivity contribution in [3.05, 3.63) is 69.9 Å². The van der Waals surface area contributed by atoms with Crippen LogP contribution in [-0.2, 0) is 33.8 Å². The fourth-order valence-electron chi connectivity index (χ4n) is 5.78. The maximum atomic E-state index is 14.5. The summed E-state index contributed by atoms with van der Waals surface area (Å²) in [5, 5.41) is 9.23. The molecule has 1 aliphatic carbocycles. The first-order valence-electron chi connectivity index (χ1n) is 15.4. The zero-order valence-electron chi connectivity index (χ0n) is 26.3. The summed E-state index contributed by atoms with van der Waals surface area (Å²) >= 11 is 11.6. The third-order valence-electron chi connectivity index (χ3n) is 8.99. The number of alkyl carbamates (subject to hydrolysis) is 1. The minimum atomic E-state index is -1.51. The molecule has 0 saturated carbocycles. The molecule has 0 aliphatic heterocycles. The third kappa shape index (κ3) is 7.60. The van der Waals surface area contributed by atoms with Crippen LogP contribution in [0.5, 0.6) is 0 Å². The lowest BCUT2D eigenvalue weighted by atomic mass is 9.78. The Balaban J connectivity index is 1.66. The van der Waals surface area contributed by atoms with Crippen LogP contribution in [0.2, 0.25) is 5.02 Å². The monoisotopic (exact) mass is 675 g/mol. The quantitative estimate of drug-likeness (QED) is 0.159. The Kier molecular flexibility index (Phi) is 11.3. The number of hydrogen-bond acceptors (Lipinski definition) is 5. The summed E-state index contributed by atoms with van der Waals surface area (Å²) in [6.07, 6.45) is 0.798. The lowest BCUT2D eigenvalue weighted by Crippen LogP contribution is -2.67. The molecule has 13 heteroatoms. The Morgan fingerprint density at radius 2 is 1.76 bits per heavy atom. The van der Waals surface area contributed by atoms with E-state index in [0.29, 0.717) is 35.7 Å². The molecule has 2 aromatic carbocycles. The van der Waals surface area contributed by atoms with Crippen LogP contribution in [0.25, 0.3) is 10.9 Å². The van der Waals surface area contributed by atoms with Crippen molar-refractivity contribution in [3.63, 3.8) is 0 Å². The largest absolute Gasteiger partial charge is 0.445 e. The van der Waals surface area contributed by atoms with E-state index in [9.17, 15) is 23.2 Å². The summed E-state index contributed by atoms with van der Waals surface area (Å²) in [5.41, 5.74) is 6.65. The number of hydrogen-bond donors (Lipinski definition) is 5. The molecular formula is C33H40ClF2N5O4S. The van der Waals surface area contributed by atoms with E-state index in [1.54, 1.807) is 13.0 Å². The highest BCUT2D eigenvalue weighted by Crippen LogP contribution is 2.37. The number of aryl methyl sites for hydroxylation is 1. The Morgan fingerprint density at radius 1 is 1.09 bits per heavy atom. The van der Waals surface area contributed by atoms with Gasteiger partial charge in [0.1, 0.15) is 29.8 Å². The Hall–Kier alpha value is -3.77. The predicted molar refractivity (Wildman–Crippen MR) is 177 cm³/mol. The number of carbonyl (C=O) groups excluding carboxylic acids is 3. The molecule has 1 aliphatic rings. The molecule has 5 atom stereocenters. The van der Waals surface area contributed by atoms with E-state index < -0.39 is 47.2 Å². The Morgan fingerprint density at radius 3 is 2.41 bits per heavy atom. The van der Waals surface area contributed by atoms with Gasteiger partial charge in [-0.3, -0.25) is 9.59 Å². The number of halogens is 3. The molecule has 1 heterocycles. The van der Waals surface area contributed by atoms with E-state index in [0.717, 1.165) is 5.69 Å². The molecule has 248 valence electrons. The molecule has 0 radical (unpaired) electrons. The molecular weight excluding hydrogens is 636 g/mol. The second-order valence-corrected chi connectivity index (χ2v) is 12.9. The highest BCUT2D eigenvalue weighted by atomic mass is 35.5. The zero-order valence-corrected chi connectivity index (χ0v) is 27.8. The van der Waals surface area contributed by atoms with Crippen molar-refractivity contribution in [2.75, 3.05) is 0 Å². The first kappa shape index (κ1) is 35.1. The van der Waals surface area contributed by atoms with Crippen LogP contribution in [0.3, 0.4) is 0 Å². The van der Waals surface area contributed by atoms with E-state index in [1.165, 1.54) is 30.3 Å². The van der Waals surface area contributed by atoms with Gasteiger partial charge in [0.2, 0.25) is 11.8 Å². The average molecular weight is 676 g/mol. The maximum Gasteiger partial charge on any atom is 0.408 e. The van der Waals surface area contributed by atoms with Gasteiger partial charge in [0.15, 0.2) is 0 Å². The minimum absolute atomic E-state index is 0.00913. The lowest BCUT2D eigenvalue weighted by molar-refractivity contribution is -0.136. The second-order valence-electron chi connectivity index (χ2n) is 12.1. The van der Waals surface area contributed by atoms with Gasteiger partial charge in [-0.15, -0.1) is 0 Å². The van der Waals surface area contributed by atoms with Gasteiger partial charge in [-0.25, -0.2) is 13.6 Å². The van der Waals surface area contributed by atoms with Crippen LogP contribution >= 0.6 is 23.8 Å². The predicted octanol–water partition coefficient (Wildman–Crippen LogP) is 5.60. The number of nitrogens with one attached hydrogen (secondary N) is 4. The molecule has 46 heavy (non-hydrogen) atoms. The molecule has 2 unspecified atom stereocenters. The number of thiocarbonyl (C=S) groups is 1. The van der Waals surface area contributed by atoms with E-state index >= 15 is 0 Å². The topological polar surface area (TPSA) is 138 Å². The number of H-pyrrole nitrogens is 1. The van der Waals surface area contributed by atoms with Crippen molar-refractivity contribution in [2.24, 2.45) is 17.6 Å². The number of nitrogens with two attached hydrogens (primary N) is 1. The van der Waals surface area contributed by atoms with Crippen molar-refractivity contribution in [1.82, 2.24) is 20.9 Å². The smallest absolute Gasteiger partial charge is 0.408 e. The standard InChI is InChI=1S/C33H40ClF2N5O4S/c1-5-17(3)26(29(37)46)39-31(43)33(12-11-25-22(15-33)21-13-20(35)14-23(34)28(21)38-25)41-30(42)27(18(4)6-2)40-32(44)45-16-19-9-7-8-10-24(19)36/h7-10,13-14,17-18,26-27,38H,5-6,11-12,15-16H2,1-4H3,(H2,37,46)(H,39,43)(H,40,44)(H,41,42)/t17?,18?,26-,27-,33+/m0/s1. The highest BCUT2D eigenvalue weighted by Gasteiger charge is 2.46. The van der Waals surface area contributed by atoms with Gasteiger partial charge in [0, 0.05) is 23.1 Å². The summed E-state index contributed by atoms with van der Waals surface area (Å²) in [7, 11) is 0. The van der Waals surface area contributed by atoms with Crippen molar-refractivity contribution >= 4 is 57.6 Å². The van der Waals surface area contributed by atoms with Crippen LogP contribution in [0.15, 0.2) is 36.4 Å². The molecule has 0 spiro atoms. The number of aromatic nitrogens is 1. The molecule has 3 aromatic rings. The highest BCUT2D eigenvalue weighted by molar-refractivity contribution is 7.80. The average Bonchev–Trinajstić information content (AvgIpc) is 3.38. The van der Waals surface area contributed by atoms with Gasteiger partial charge in [-0.2, -0.15) is 0 Å². The first-order chi connectivity index (χ1) is 21.8.